The fraction of sp³-hybridized carbons (Fsp3) is 0.364. The Bertz CT molecular complexity index is 385. The number of nitrogens with one attached hydrogen (secondary N) is 1. The van der Waals surface area contributed by atoms with Crippen LogP contribution in [0.1, 0.15) is 0 Å². The second-order valence-electron chi connectivity index (χ2n) is 3.24. The van der Waals surface area contributed by atoms with Gasteiger partial charge in [-0.2, -0.15) is 0 Å². The van der Waals surface area contributed by atoms with Crippen LogP contribution in [-0.4, -0.2) is 32.8 Å². The molecule has 94 valence electrons. The van der Waals surface area contributed by atoms with Gasteiger partial charge in [-0.05, 0) is 12.1 Å². The molecule has 0 atom stereocenters. The number of nitrogens with two attached hydrogens (primary N) is 1. The number of halogens is 1. The van der Waals surface area contributed by atoms with Gasteiger partial charge < -0.3 is 20.5 Å². The Hall–Kier alpha value is -1.66. The molecule has 0 bridgehead atoms. The number of methoxy groups -OCH3 is 1. The summed E-state index contributed by atoms with van der Waals surface area (Å²) in [4.78, 5) is 11.4. The molecule has 0 aromatic heterocycles. The first kappa shape index (κ1) is 13.4. The van der Waals surface area contributed by atoms with Crippen LogP contribution in [0.3, 0.4) is 0 Å². The number of rotatable bonds is 6. The van der Waals surface area contributed by atoms with E-state index in [9.17, 15) is 9.18 Å². The number of carbonyl (C=O) groups is 1. The first-order chi connectivity index (χ1) is 8.17. The zero-order valence-electron chi connectivity index (χ0n) is 9.53. The monoisotopic (exact) mass is 242 g/mol. The van der Waals surface area contributed by atoms with Gasteiger partial charge in [0.2, 0.25) is 5.91 Å². The molecule has 6 heteroatoms. The van der Waals surface area contributed by atoms with E-state index >= 15 is 0 Å². The summed E-state index contributed by atoms with van der Waals surface area (Å²) in [6.45, 7) is 0.592. The van der Waals surface area contributed by atoms with Crippen molar-refractivity contribution >= 4 is 11.6 Å². The number of benzene rings is 1. The van der Waals surface area contributed by atoms with Gasteiger partial charge >= 0.3 is 0 Å². The molecule has 1 aromatic rings. The average Bonchev–Trinajstić information content (AvgIpc) is 2.32. The van der Waals surface area contributed by atoms with Crippen LogP contribution in [-0.2, 0) is 9.53 Å². The van der Waals surface area contributed by atoms with Crippen LogP contribution < -0.4 is 15.8 Å². The third-order valence-corrected chi connectivity index (χ3v) is 1.93. The van der Waals surface area contributed by atoms with Crippen molar-refractivity contribution in [3.8, 4) is 5.75 Å². The lowest BCUT2D eigenvalue weighted by Gasteiger charge is -2.08. The van der Waals surface area contributed by atoms with Gasteiger partial charge in [0.05, 0.1) is 13.7 Å². The van der Waals surface area contributed by atoms with Crippen LogP contribution in [0.4, 0.5) is 10.1 Å². The predicted octanol–water partition coefficient (Wildman–Crippen LogP) is 0.748. The molecular weight excluding hydrogens is 227 g/mol. The van der Waals surface area contributed by atoms with Gasteiger partial charge in [0.25, 0.3) is 0 Å². The fourth-order valence-electron chi connectivity index (χ4n) is 1.18. The highest BCUT2D eigenvalue weighted by Gasteiger charge is 2.06. The summed E-state index contributed by atoms with van der Waals surface area (Å²) in [6, 6.07) is 4.06. The summed E-state index contributed by atoms with van der Waals surface area (Å²) < 4.78 is 22.8. The van der Waals surface area contributed by atoms with E-state index in [0.717, 1.165) is 0 Å². The maximum Gasteiger partial charge on any atom is 0.250 e. The van der Waals surface area contributed by atoms with Crippen molar-refractivity contribution in [3.05, 3.63) is 24.0 Å². The Morgan fingerprint density at radius 3 is 2.94 bits per heavy atom. The molecule has 0 aliphatic heterocycles. The molecule has 0 fully saturated rings. The summed E-state index contributed by atoms with van der Waals surface area (Å²) >= 11 is 0. The third-order valence-electron chi connectivity index (χ3n) is 1.93. The number of amides is 1. The van der Waals surface area contributed by atoms with Crippen molar-refractivity contribution < 1.29 is 18.7 Å². The summed E-state index contributed by atoms with van der Waals surface area (Å²) in [5.74, 6) is -0.734. The fourth-order valence-corrected chi connectivity index (χ4v) is 1.18. The van der Waals surface area contributed by atoms with Gasteiger partial charge in [-0.25, -0.2) is 4.39 Å². The number of ether oxygens (including phenoxy) is 2. The van der Waals surface area contributed by atoms with Crippen molar-refractivity contribution in [1.29, 1.82) is 0 Å². The van der Waals surface area contributed by atoms with Gasteiger partial charge in [0, 0.05) is 18.3 Å². The molecule has 1 rings (SSSR count). The maximum atomic E-state index is 13.1. The molecule has 0 aliphatic rings. The Labute approximate surface area is 98.7 Å². The van der Waals surface area contributed by atoms with E-state index in [1.165, 1.54) is 25.3 Å². The lowest BCUT2D eigenvalue weighted by Crippen LogP contribution is -2.20. The largest absolute Gasteiger partial charge is 0.494 e. The Kier molecular flexibility index (Phi) is 5.38. The van der Waals surface area contributed by atoms with E-state index in [-0.39, 0.29) is 18.3 Å². The molecule has 0 aliphatic carbocycles. The molecule has 0 saturated heterocycles. The molecule has 1 aromatic carbocycles. The van der Waals surface area contributed by atoms with Gasteiger partial charge in [0.15, 0.2) is 11.6 Å². The molecule has 3 N–H and O–H groups in total. The second-order valence-corrected chi connectivity index (χ2v) is 3.24. The number of carbonyl (C=O) groups excluding carboxylic acids is 1. The molecule has 0 unspecified atom stereocenters. The van der Waals surface area contributed by atoms with E-state index in [1.54, 1.807) is 0 Å². The number of anilines is 1. The van der Waals surface area contributed by atoms with Crippen LogP contribution in [0.25, 0.3) is 0 Å². The summed E-state index contributed by atoms with van der Waals surface area (Å²) in [6.07, 6.45) is 0. The molecule has 0 spiro atoms. The topological polar surface area (TPSA) is 73.6 Å². The zero-order valence-corrected chi connectivity index (χ0v) is 9.53. The highest BCUT2D eigenvalue weighted by atomic mass is 19.1. The van der Waals surface area contributed by atoms with Crippen LogP contribution in [0.15, 0.2) is 18.2 Å². The first-order valence-corrected chi connectivity index (χ1v) is 5.08. The molecule has 5 nitrogen and oxygen atoms in total. The molecule has 0 saturated carbocycles. The zero-order chi connectivity index (χ0) is 12.7. The van der Waals surface area contributed by atoms with Gasteiger partial charge in [-0.3, -0.25) is 4.79 Å². The van der Waals surface area contributed by atoms with Gasteiger partial charge in [0.1, 0.15) is 6.61 Å². The van der Waals surface area contributed by atoms with E-state index in [2.05, 4.69) is 5.32 Å². The highest BCUT2D eigenvalue weighted by molar-refractivity contribution is 5.91. The first-order valence-electron chi connectivity index (χ1n) is 5.08. The van der Waals surface area contributed by atoms with Crippen molar-refractivity contribution in [2.75, 3.05) is 32.2 Å². The Morgan fingerprint density at radius 1 is 1.53 bits per heavy atom. The lowest BCUT2D eigenvalue weighted by atomic mass is 10.3. The van der Waals surface area contributed by atoms with E-state index in [0.29, 0.717) is 18.8 Å². The smallest absolute Gasteiger partial charge is 0.250 e. The standard InChI is InChI=1S/C11H15FN2O3/c1-16-10-6-8(2-3-9(10)12)14-11(15)7-17-5-4-13/h2-3,6H,4-5,7,13H2,1H3,(H,14,15). The van der Waals surface area contributed by atoms with Crippen molar-refractivity contribution in [2.45, 2.75) is 0 Å². The average molecular weight is 242 g/mol. The Balaban J connectivity index is 2.53. The van der Waals surface area contributed by atoms with Crippen molar-refractivity contribution in [1.82, 2.24) is 0 Å². The molecule has 0 heterocycles. The van der Waals surface area contributed by atoms with Gasteiger partial charge in [-0.1, -0.05) is 0 Å². The van der Waals surface area contributed by atoms with Crippen LogP contribution >= 0.6 is 0 Å². The Morgan fingerprint density at radius 2 is 2.29 bits per heavy atom. The van der Waals surface area contributed by atoms with Crippen LogP contribution in [0, 0.1) is 5.82 Å². The normalized spacial score (nSPS) is 10.1. The lowest BCUT2D eigenvalue weighted by molar-refractivity contribution is -0.120. The summed E-state index contributed by atoms with van der Waals surface area (Å²) in [7, 11) is 1.36. The van der Waals surface area contributed by atoms with E-state index < -0.39 is 5.82 Å². The second kappa shape index (κ2) is 6.82. The number of hydrogen-bond acceptors (Lipinski definition) is 4. The maximum absolute atomic E-state index is 13.1. The molecule has 0 radical (unpaired) electrons. The summed E-state index contributed by atoms with van der Waals surface area (Å²) in [5.41, 5.74) is 5.66. The van der Waals surface area contributed by atoms with E-state index in [4.69, 9.17) is 15.2 Å². The third kappa shape index (κ3) is 4.38. The SMILES string of the molecule is COc1cc(NC(=O)COCCN)ccc1F. The van der Waals surface area contributed by atoms with E-state index in [1.807, 2.05) is 0 Å². The molecule has 1 amide bonds. The minimum atomic E-state index is -0.482. The minimum Gasteiger partial charge on any atom is -0.494 e. The van der Waals surface area contributed by atoms with Crippen molar-refractivity contribution in [2.24, 2.45) is 5.73 Å². The minimum absolute atomic E-state index is 0.0747. The van der Waals surface area contributed by atoms with Crippen LogP contribution in [0.2, 0.25) is 0 Å². The van der Waals surface area contributed by atoms with Crippen molar-refractivity contribution in [3.63, 3.8) is 0 Å². The van der Waals surface area contributed by atoms with Gasteiger partial charge in [-0.15, -0.1) is 0 Å². The predicted molar refractivity (Wildman–Crippen MR) is 61.5 cm³/mol. The molecule has 17 heavy (non-hydrogen) atoms. The highest BCUT2D eigenvalue weighted by Crippen LogP contribution is 2.21. The summed E-state index contributed by atoms with van der Waals surface area (Å²) in [5, 5.41) is 2.55. The van der Waals surface area contributed by atoms with Crippen LogP contribution in [0.5, 0.6) is 5.75 Å². The number of hydrogen-bond donors (Lipinski definition) is 2. The molecular formula is C11H15FN2O3. The quantitative estimate of drug-likeness (QED) is 0.722.